The Hall–Kier alpha value is -0.300. The zero-order chi connectivity index (χ0) is 6.32. The van der Waals surface area contributed by atoms with Crippen LogP contribution in [0.4, 0.5) is 0 Å². The SMILES string of the molecule is CC[C@@]12CC=CC[C@H]1O2. The van der Waals surface area contributed by atoms with E-state index in [9.17, 15) is 0 Å². The summed E-state index contributed by atoms with van der Waals surface area (Å²) in [5.41, 5.74) is 0.300. The Morgan fingerprint density at radius 1 is 1.67 bits per heavy atom. The largest absolute Gasteiger partial charge is 0.365 e. The van der Waals surface area contributed by atoms with Gasteiger partial charge in [-0.15, -0.1) is 0 Å². The molecule has 0 unspecified atom stereocenters. The monoisotopic (exact) mass is 124 g/mol. The van der Waals surface area contributed by atoms with Gasteiger partial charge < -0.3 is 4.74 Å². The second-order valence-electron chi connectivity index (χ2n) is 2.94. The number of ether oxygens (including phenoxy) is 1. The Bertz CT molecular complexity index is 151. The summed E-state index contributed by atoms with van der Waals surface area (Å²) in [6.45, 7) is 2.21. The van der Waals surface area contributed by atoms with Crippen LogP contribution >= 0.6 is 0 Å². The minimum atomic E-state index is 0.300. The van der Waals surface area contributed by atoms with Crippen LogP contribution in [0.3, 0.4) is 0 Å². The van der Waals surface area contributed by atoms with Crippen molar-refractivity contribution in [2.75, 3.05) is 0 Å². The van der Waals surface area contributed by atoms with E-state index in [1.165, 1.54) is 6.42 Å². The molecule has 0 radical (unpaired) electrons. The first-order valence-corrected chi connectivity index (χ1v) is 3.70. The predicted molar refractivity (Wildman–Crippen MR) is 36.3 cm³/mol. The van der Waals surface area contributed by atoms with Crippen molar-refractivity contribution in [1.82, 2.24) is 0 Å². The van der Waals surface area contributed by atoms with Crippen molar-refractivity contribution in [3.63, 3.8) is 0 Å². The molecule has 1 saturated heterocycles. The standard InChI is InChI=1S/C8H12O/c1-2-8-6-4-3-5-7(8)9-8/h3-4,7H,2,5-6H2,1H3/t7-,8-/m1/s1. The van der Waals surface area contributed by atoms with Crippen LogP contribution in [-0.2, 0) is 4.74 Å². The highest BCUT2D eigenvalue weighted by atomic mass is 16.6. The molecular weight excluding hydrogens is 112 g/mol. The van der Waals surface area contributed by atoms with E-state index in [0.717, 1.165) is 12.8 Å². The molecule has 1 aliphatic heterocycles. The second kappa shape index (κ2) is 1.60. The summed E-state index contributed by atoms with van der Waals surface area (Å²) >= 11 is 0. The molecule has 2 aliphatic rings. The van der Waals surface area contributed by atoms with Crippen molar-refractivity contribution >= 4 is 0 Å². The smallest absolute Gasteiger partial charge is 0.0983 e. The van der Waals surface area contributed by atoms with Crippen LogP contribution in [0.15, 0.2) is 12.2 Å². The number of hydrogen-bond acceptors (Lipinski definition) is 1. The first-order chi connectivity index (χ1) is 4.37. The quantitative estimate of drug-likeness (QED) is 0.384. The minimum absolute atomic E-state index is 0.300. The Kier molecular flexibility index (Phi) is 0.974. The molecule has 1 aliphatic carbocycles. The van der Waals surface area contributed by atoms with E-state index in [0.29, 0.717) is 11.7 Å². The van der Waals surface area contributed by atoms with Gasteiger partial charge >= 0.3 is 0 Å². The lowest BCUT2D eigenvalue weighted by molar-refractivity contribution is 0.290. The van der Waals surface area contributed by atoms with Crippen LogP contribution in [0.1, 0.15) is 26.2 Å². The number of rotatable bonds is 1. The highest BCUT2D eigenvalue weighted by Crippen LogP contribution is 2.47. The van der Waals surface area contributed by atoms with Gasteiger partial charge in [-0.3, -0.25) is 0 Å². The molecule has 1 heteroatoms. The number of hydrogen-bond donors (Lipinski definition) is 0. The topological polar surface area (TPSA) is 12.5 Å². The molecule has 2 atom stereocenters. The second-order valence-corrected chi connectivity index (χ2v) is 2.94. The molecule has 0 aromatic heterocycles. The molecule has 1 fully saturated rings. The summed E-state index contributed by atoms with van der Waals surface area (Å²) in [4.78, 5) is 0. The van der Waals surface area contributed by atoms with Crippen molar-refractivity contribution in [3.8, 4) is 0 Å². The van der Waals surface area contributed by atoms with Gasteiger partial charge in [0, 0.05) is 0 Å². The summed E-state index contributed by atoms with van der Waals surface area (Å²) in [6.07, 6.45) is 8.52. The number of fused-ring (bicyclic) bond motifs is 1. The molecule has 50 valence electrons. The molecule has 0 saturated carbocycles. The molecule has 0 N–H and O–H groups in total. The number of epoxide rings is 1. The van der Waals surface area contributed by atoms with Crippen LogP contribution in [-0.4, -0.2) is 11.7 Å². The highest BCUT2D eigenvalue weighted by Gasteiger charge is 2.54. The average molecular weight is 124 g/mol. The van der Waals surface area contributed by atoms with E-state index in [1.807, 2.05) is 0 Å². The summed E-state index contributed by atoms with van der Waals surface area (Å²) in [7, 11) is 0. The van der Waals surface area contributed by atoms with Crippen molar-refractivity contribution in [3.05, 3.63) is 12.2 Å². The lowest BCUT2D eigenvalue weighted by Gasteiger charge is -2.08. The Labute approximate surface area is 55.7 Å². The summed E-state index contributed by atoms with van der Waals surface area (Å²) in [6, 6.07) is 0. The van der Waals surface area contributed by atoms with Gasteiger partial charge in [-0.2, -0.15) is 0 Å². The molecule has 1 nitrogen and oxygen atoms in total. The molecule has 1 heterocycles. The molecule has 0 aromatic rings. The van der Waals surface area contributed by atoms with Gasteiger partial charge in [0.1, 0.15) is 0 Å². The fourth-order valence-electron chi connectivity index (χ4n) is 1.65. The van der Waals surface area contributed by atoms with Gasteiger partial charge in [0.2, 0.25) is 0 Å². The molecule has 0 spiro atoms. The van der Waals surface area contributed by atoms with Crippen LogP contribution in [0.25, 0.3) is 0 Å². The van der Waals surface area contributed by atoms with E-state index in [2.05, 4.69) is 19.1 Å². The molecule has 0 bridgehead atoms. The van der Waals surface area contributed by atoms with Crippen LogP contribution in [0.5, 0.6) is 0 Å². The van der Waals surface area contributed by atoms with Crippen LogP contribution in [0.2, 0.25) is 0 Å². The highest BCUT2D eigenvalue weighted by molar-refractivity contribution is 5.13. The molecule has 0 aromatic carbocycles. The lowest BCUT2D eigenvalue weighted by atomic mass is 9.92. The van der Waals surface area contributed by atoms with E-state index in [-0.39, 0.29) is 0 Å². The van der Waals surface area contributed by atoms with E-state index >= 15 is 0 Å². The van der Waals surface area contributed by atoms with Crippen molar-refractivity contribution < 1.29 is 4.74 Å². The first kappa shape index (κ1) is 5.48. The van der Waals surface area contributed by atoms with Crippen molar-refractivity contribution in [2.24, 2.45) is 0 Å². The Balaban J connectivity index is 2.11. The predicted octanol–water partition coefficient (Wildman–Crippen LogP) is 1.88. The molecule has 9 heavy (non-hydrogen) atoms. The normalized spacial score (nSPS) is 46.6. The fraction of sp³-hybridized carbons (Fsp3) is 0.750. The van der Waals surface area contributed by atoms with Gasteiger partial charge in [-0.05, 0) is 19.3 Å². The third-order valence-corrected chi connectivity index (χ3v) is 2.49. The average Bonchev–Trinajstić information content (AvgIpc) is 2.62. The third-order valence-electron chi connectivity index (χ3n) is 2.49. The minimum Gasteiger partial charge on any atom is -0.365 e. The molecular formula is C8H12O. The summed E-state index contributed by atoms with van der Waals surface area (Å²) in [5, 5.41) is 0. The first-order valence-electron chi connectivity index (χ1n) is 3.70. The zero-order valence-corrected chi connectivity index (χ0v) is 5.76. The van der Waals surface area contributed by atoms with Crippen molar-refractivity contribution in [2.45, 2.75) is 37.9 Å². The van der Waals surface area contributed by atoms with E-state index in [4.69, 9.17) is 4.74 Å². The summed E-state index contributed by atoms with van der Waals surface area (Å²) < 4.78 is 5.55. The molecule has 0 amide bonds. The zero-order valence-electron chi connectivity index (χ0n) is 5.76. The van der Waals surface area contributed by atoms with Gasteiger partial charge in [0.15, 0.2) is 0 Å². The molecule has 2 rings (SSSR count). The summed E-state index contributed by atoms with van der Waals surface area (Å²) in [5.74, 6) is 0. The van der Waals surface area contributed by atoms with Gasteiger partial charge in [0.05, 0.1) is 11.7 Å². The fourth-order valence-corrected chi connectivity index (χ4v) is 1.65. The maximum absolute atomic E-state index is 5.55. The third kappa shape index (κ3) is 0.645. The lowest BCUT2D eigenvalue weighted by Crippen LogP contribution is -2.14. The van der Waals surface area contributed by atoms with E-state index < -0.39 is 0 Å². The van der Waals surface area contributed by atoms with Gasteiger partial charge in [-0.1, -0.05) is 19.1 Å². The maximum Gasteiger partial charge on any atom is 0.0983 e. The van der Waals surface area contributed by atoms with Crippen LogP contribution in [0, 0.1) is 0 Å². The maximum atomic E-state index is 5.55. The van der Waals surface area contributed by atoms with Crippen LogP contribution < -0.4 is 0 Å². The van der Waals surface area contributed by atoms with E-state index in [1.54, 1.807) is 0 Å². The Morgan fingerprint density at radius 2 is 2.56 bits per heavy atom. The van der Waals surface area contributed by atoms with Gasteiger partial charge in [-0.25, -0.2) is 0 Å². The van der Waals surface area contributed by atoms with Gasteiger partial charge in [0.25, 0.3) is 0 Å². The van der Waals surface area contributed by atoms with Crippen molar-refractivity contribution in [1.29, 1.82) is 0 Å². The Morgan fingerprint density at radius 3 is 3.11 bits per heavy atom.